The number of likely N-dealkylation sites (N-methyl/N-ethyl adjacent to an activating group) is 1. The summed E-state index contributed by atoms with van der Waals surface area (Å²) in [5.41, 5.74) is 0.726. The maximum Gasteiger partial charge on any atom is 0.256 e. The summed E-state index contributed by atoms with van der Waals surface area (Å²) in [5, 5.41) is 10.9. The van der Waals surface area contributed by atoms with Gasteiger partial charge in [-0.15, -0.1) is 0 Å². The fourth-order valence-electron chi connectivity index (χ4n) is 3.64. The molecule has 1 aromatic rings. The molecular formula is C18H25N3O3. The molecule has 6 heteroatoms. The van der Waals surface area contributed by atoms with E-state index in [1.165, 1.54) is 6.92 Å². The lowest BCUT2D eigenvalue weighted by atomic mass is 9.91. The smallest absolute Gasteiger partial charge is 0.256 e. The lowest BCUT2D eigenvalue weighted by molar-refractivity contribution is -0.160. The van der Waals surface area contributed by atoms with Gasteiger partial charge in [-0.2, -0.15) is 0 Å². The highest BCUT2D eigenvalue weighted by Gasteiger charge is 2.43. The van der Waals surface area contributed by atoms with Crippen molar-refractivity contribution in [1.29, 1.82) is 0 Å². The minimum Gasteiger partial charge on any atom is -0.378 e. The van der Waals surface area contributed by atoms with Gasteiger partial charge in [-0.25, -0.2) is 0 Å². The monoisotopic (exact) mass is 331 g/mol. The first kappa shape index (κ1) is 16.8. The molecule has 6 nitrogen and oxygen atoms in total. The zero-order valence-electron chi connectivity index (χ0n) is 14.4. The van der Waals surface area contributed by atoms with Crippen LogP contribution in [0, 0.1) is 0 Å². The molecule has 0 radical (unpaired) electrons. The Bertz CT molecular complexity index is 648. The van der Waals surface area contributed by atoms with Crippen molar-refractivity contribution in [3.05, 3.63) is 29.8 Å². The van der Waals surface area contributed by atoms with Crippen LogP contribution in [0.2, 0.25) is 0 Å². The number of piperidine rings is 1. The molecule has 1 atom stereocenters. The van der Waals surface area contributed by atoms with Crippen LogP contribution in [0.15, 0.2) is 24.3 Å². The molecule has 130 valence electrons. The summed E-state index contributed by atoms with van der Waals surface area (Å²) in [7, 11) is 2.01. The lowest BCUT2D eigenvalue weighted by Crippen LogP contribution is -2.59. The van der Waals surface area contributed by atoms with Crippen molar-refractivity contribution in [2.75, 3.05) is 38.1 Å². The minimum absolute atomic E-state index is 0.0924. The van der Waals surface area contributed by atoms with E-state index in [9.17, 15) is 14.7 Å². The number of hydrogen-bond acceptors (Lipinski definition) is 4. The van der Waals surface area contributed by atoms with E-state index in [1.807, 2.05) is 25.2 Å². The standard InChI is InChI=1S/C18H25N3O3/c1-14(22)21-9-5-8-18(24,13-21)17(23)20-11-10-19(2)16-7-4-3-6-15(16)12-20/h3-4,6-7,24H,5,8-13H2,1-2H3. The number of aliphatic hydroxyl groups is 1. The van der Waals surface area contributed by atoms with Gasteiger partial charge in [0.15, 0.2) is 5.60 Å². The van der Waals surface area contributed by atoms with Crippen LogP contribution in [0.25, 0.3) is 0 Å². The number of carbonyl (C=O) groups is 2. The second-order valence-corrected chi connectivity index (χ2v) is 6.85. The maximum atomic E-state index is 13.0. The molecule has 24 heavy (non-hydrogen) atoms. The molecule has 1 fully saturated rings. The van der Waals surface area contributed by atoms with E-state index < -0.39 is 5.60 Å². The molecule has 2 aliphatic heterocycles. The molecule has 3 rings (SSSR count). The number of carbonyl (C=O) groups excluding carboxylic acids is 2. The molecule has 0 aliphatic carbocycles. The first-order chi connectivity index (χ1) is 11.4. The summed E-state index contributed by atoms with van der Waals surface area (Å²) in [5.74, 6) is -0.361. The second-order valence-electron chi connectivity index (χ2n) is 6.85. The number of β-amino-alcohol motifs (C(OH)–C–C–N with tert-alkyl or cyclic N) is 1. The zero-order valence-corrected chi connectivity index (χ0v) is 14.4. The fraction of sp³-hybridized carbons (Fsp3) is 0.556. The fourth-order valence-corrected chi connectivity index (χ4v) is 3.64. The summed E-state index contributed by atoms with van der Waals surface area (Å²) >= 11 is 0. The van der Waals surface area contributed by atoms with Gasteiger partial charge >= 0.3 is 0 Å². The minimum atomic E-state index is -1.47. The topological polar surface area (TPSA) is 64.1 Å². The number of amides is 2. The number of nitrogens with zero attached hydrogens (tertiary/aromatic N) is 3. The first-order valence-electron chi connectivity index (χ1n) is 8.47. The van der Waals surface area contributed by atoms with Gasteiger partial charge in [-0.3, -0.25) is 9.59 Å². The van der Waals surface area contributed by atoms with Gasteiger partial charge in [0.2, 0.25) is 5.91 Å². The summed E-state index contributed by atoms with van der Waals surface area (Å²) in [6, 6.07) is 8.03. The van der Waals surface area contributed by atoms with Gasteiger partial charge in [0.05, 0.1) is 6.54 Å². The molecule has 1 N–H and O–H groups in total. The largest absolute Gasteiger partial charge is 0.378 e. The average molecular weight is 331 g/mol. The van der Waals surface area contributed by atoms with E-state index in [0.717, 1.165) is 17.8 Å². The Balaban J connectivity index is 1.81. The van der Waals surface area contributed by atoms with Crippen molar-refractivity contribution in [2.24, 2.45) is 0 Å². The highest BCUT2D eigenvalue weighted by molar-refractivity contribution is 5.87. The Labute approximate surface area is 142 Å². The predicted octanol–water partition coefficient (Wildman–Crippen LogP) is 0.838. The van der Waals surface area contributed by atoms with E-state index >= 15 is 0 Å². The Morgan fingerprint density at radius 2 is 1.88 bits per heavy atom. The molecule has 0 spiro atoms. The normalized spacial score (nSPS) is 24.4. The van der Waals surface area contributed by atoms with Crippen LogP contribution in [0.3, 0.4) is 0 Å². The van der Waals surface area contributed by atoms with Crippen molar-refractivity contribution in [3.8, 4) is 0 Å². The first-order valence-corrected chi connectivity index (χ1v) is 8.47. The van der Waals surface area contributed by atoms with Crippen LogP contribution in [0.4, 0.5) is 5.69 Å². The molecular weight excluding hydrogens is 306 g/mol. The van der Waals surface area contributed by atoms with Gasteiger partial charge in [0, 0.05) is 45.8 Å². The number of rotatable bonds is 1. The molecule has 1 saturated heterocycles. The Morgan fingerprint density at radius 3 is 2.62 bits per heavy atom. The number of hydrogen-bond donors (Lipinski definition) is 1. The summed E-state index contributed by atoms with van der Waals surface area (Å²) in [6.45, 7) is 3.95. The SMILES string of the molecule is CC(=O)N1CCCC(O)(C(=O)N2CCN(C)c3ccccc3C2)C1. The number of likely N-dealkylation sites (tertiary alicyclic amines) is 1. The molecule has 1 unspecified atom stereocenters. The van der Waals surface area contributed by atoms with Gasteiger partial charge < -0.3 is 19.8 Å². The lowest BCUT2D eigenvalue weighted by Gasteiger charge is -2.40. The van der Waals surface area contributed by atoms with Gasteiger partial charge in [0.1, 0.15) is 0 Å². The van der Waals surface area contributed by atoms with Gasteiger partial charge in [0.25, 0.3) is 5.91 Å². The van der Waals surface area contributed by atoms with E-state index in [4.69, 9.17) is 0 Å². The van der Waals surface area contributed by atoms with Crippen molar-refractivity contribution in [2.45, 2.75) is 31.9 Å². The van der Waals surface area contributed by atoms with Crippen molar-refractivity contribution >= 4 is 17.5 Å². The summed E-state index contributed by atoms with van der Waals surface area (Å²) in [4.78, 5) is 30.1. The zero-order chi connectivity index (χ0) is 17.3. The van der Waals surface area contributed by atoms with Crippen LogP contribution in [-0.2, 0) is 16.1 Å². The third-order valence-corrected chi connectivity index (χ3v) is 5.07. The Morgan fingerprint density at radius 1 is 1.12 bits per heavy atom. The highest BCUT2D eigenvalue weighted by Crippen LogP contribution is 2.28. The van der Waals surface area contributed by atoms with Crippen LogP contribution in [0.5, 0.6) is 0 Å². The Kier molecular flexibility index (Phi) is 4.49. The van der Waals surface area contributed by atoms with Crippen LogP contribution in [-0.4, -0.2) is 65.5 Å². The summed E-state index contributed by atoms with van der Waals surface area (Å²) < 4.78 is 0. The van der Waals surface area contributed by atoms with Crippen LogP contribution < -0.4 is 4.90 Å². The molecule has 1 aromatic carbocycles. The van der Waals surface area contributed by atoms with E-state index in [-0.39, 0.29) is 18.4 Å². The van der Waals surface area contributed by atoms with Crippen molar-refractivity contribution in [3.63, 3.8) is 0 Å². The average Bonchev–Trinajstić information content (AvgIpc) is 2.74. The highest BCUT2D eigenvalue weighted by atomic mass is 16.3. The van der Waals surface area contributed by atoms with Crippen LogP contribution in [0.1, 0.15) is 25.3 Å². The number of fused-ring (bicyclic) bond motifs is 1. The Hall–Kier alpha value is -2.08. The van der Waals surface area contributed by atoms with Crippen molar-refractivity contribution in [1.82, 2.24) is 9.80 Å². The van der Waals surface area contributed by atoms with Crippen LogP contribution >= 0.6 is 0 Å². The second kappa shape index (κ2) is 6.43. The quantitative estimate of drug-likeness (QED) is 0.828. The molecule has 0 bridgehead atoms. The van der Waals surface area contributed by atoms with E-state index in [1.54, 1.807) is 9.80 Å². The summed E-state index contributed by atoms with van der Waals surface area (Å²) in [6.07, 6.45) is 1.05. The van der Waals surface area contributed by atoms with Gasteiger partial charge in [-0.05, 0) is 24.5 Å². The molecule has 2 amide bonds. The maximum absolute atomic E-state index is 13.0. The predicted molar refractivity (Wildman–Crippen MR) is 91.6 cm³/mol. The number of para-hydroxylation sites is 1. The third-order valence-electron chi connectivity index (χ3n) is 5.07. The van der Waals surface area contributed by atoms with Crippen molar-refractivity contribution < 1.29 is 14.7 Å². The molecule has 2 heterocycles. The third kappa shape index (κ3) is 3.11. The van der Waals surface area contributed by atoms with Gasteiger partial charge in [-0.1, -0.05) is 18.2 Å². The van der Waals surface area contributed by atoms with E-state index in [0.29, 0.717) is 32.5 Å². The molecule has 0 saturated carbocycles. The number of benzene rings is 1. The molecule has 2 aliphatic rings. The number of anilines is 1. The molecule has 0 aromatic heterocycles. The van der Waals surface area contributed by atoms with E-state index in [2.05, 4.69) is 11.0 Å².